The summed E-state index contributed by atoms with van der Waals surface area (Å²) in [6.45, 7) is 0.933. The number of alkyl halides is 3. The second-order valence-corrected chi connectivity index (χ2v) is 6.48. The highest BCUT2D eigenvalue weighted by molar-refractivity contribution is 8.26. The first-order chi connectivity index (χ1) is 10.8. The van der Waals surface area contributed by atoms with E-state index in [1.807, 2.05) is 0 Å². The van der Waals surface area contributed by atoms with Crippen molar-refractivity contribution in [3.05, 3.63) is 40.3 Å². The molecule has 1 aromatic rings. The van der Waals surface area contributed by atoms with Crippen LogP contribution in [0.25, 0.3) is 6.08 Å². The molecule has 0 N–H and O–H groups in total. The summed E-state index contributed by atoms with van der Waals surface area (Å²) in [7, 11) is 1.57. The molecule has 0 unspecified atom stereocenters. The number of thioether (sulfide) groups is 1. The molecule has 0 aromatic heterocycles. The van der Waals surface area contributed by atoms with Crippen molar-refractivity contribution in [2.75, 3.05) is 20.3 Å². The number of hydrogen-bond acceptors (Lipinski definition) is 4. The average Bonchev–Trinajstić information content (AvgIpc) is 2.74. The summed E-state index contributed by atoms with van der Waals surface area (Å²) in [5, 5.41) is 0. The second-order valence-electron chi connectivity index (χ2n) is 4.80. The number of nitrogens with zero attached hydrogens (tertiary/aromatic N) is 1. The fraction of sp³-hybridized carbons (Fsp3) is 0.333. The van der Waals surface area contributed by atoms with Gasteiger partial charge in [-0.25, -0.2) is 0 Å². The van der Waals surface area contributed by atoms with Gasteiger partial charge in [0.2, 0.25) is 0 Å². The van der Waals surface area contributed by atoms with Gasteiger partial charge in [-0.1, -0.05) is 36.1 Å². The molecule has 1 aliphatic rings. The van der Waals surface area contributed by atoms with E-state index in [-0.39, 0.29) is 5.91 Å². The third-order valence-corrected chi connectivity index (χ3v) is 4.49. The Morgan fingerprint density at radius 2 is 2.13 bits per heavy atom. The third kappa shape index (κ3) is 4.55. The normalized spacial score (nSPS) is 17.4. The maximum absolute atomic E-state index is 12.7. The number of thiocarbonyl (C=S) groups is 1. The van der Waals surface area contributed by atoms with Crippen molar-refractivity contribution < 1.29 is 22.7 Å². The van der Waals surface area contributed by atoms with Crippen LogP contribution in [-0.2, 0) is 15.7 Å². The molecule has 0 spiro atoms. The van der Waals surface area contributed by atoms with E-state index in [0.29, 0.717) is 34.4 Å². The molecular weight excluding hydrogens is 347 g/mol. The number of carbonyl (C=O) groups excluding carboxylic acids is 1. The summed E-state index contributed by atoms with van der Waals surface area (Å²) in [5.74, 6) is -0.284. The Labute approximate surface area is 141 Å². The zero-order valence-electron chi connectivity index (χ0n) is 12.2. The van der Waals surface area contributed by atoms with Crippen molar-refractivity contribution >= 4 is 40.3 Å². The summed E-state index contributed by atoms with van der Waals surface area (Å²) >= 11 is 6.25. The summed E-state index contributed by atoms with van der Waals surface area (Å²) in [4.78, 5) is 14.1. The van der Waals surface area contributed by atoms with Gasteiger partial charge in [0.1, 0.15) is 4.32 Å². The maximum atomic E-state index is 12.7. The monoisotopic (exact) mass is 361 g/mol. The number of hydrogen-bond donors (Lipinski definition) is 0. The number of methoxy groups -OCH3 is 1. The van der Waals surface area contributed by atoms with Crippen LogP contribution in [0.5, 0.6) is 0 Å². The number of halogens is 3. The zero-order chi connectivity index (χ0) is 17.0. The van der Waals surface area contributed by atoms with Crippen LogP contribution in [0, 0.1) is 0 Å². The third-order valence-electron chi connectivity index (χ3n) is 3.12. The molecule has 1 fully saturated rings. The fourth-order valence-corrected chi connectivity index (χ4v) is 3.32. The van der Waals surface area contributed by atoms with Gasteiger partial charge in [-0.2, -0.15) is 13.2 Å². The lowest BCUT2D eigenvalue weighted by Gasteiger charge is -2.13. The molecule has 1 amide bonds. The Kier molecular flexibility index (Phi) is 5.83. The number of carbonyl (C=O) groups is 1. The Hall–Kier alpha value is -1.38. The maximum Gasteiger partial charge on any atom is 0.416 e. The minimum absolute atomic E-state index is 0.284. The van der Waals surface area contributed by atoms with Gasteiger partial charge in [-0.3, -0.25) is 9.69 Å². The molecule has 0 radical (unpaired) electrons. The predicted molar refractivity (Wildman–Crippen MR) is 87.8 cm³/mol. The van der Waals surface area contributed by atoms with Crippen LogP contribution < -0.4 is 0 Å². The molecule has 0 saturated carbocycles. The van der Waals surface area contributed by atoms with Gasteiger partial charge in [-0.05, 0) is 30.2 Å². The van der Waals surface area contributed by atoms with E-state index in [1.54, 1.807) is 7.11 Å². The van der Waals surface area contributed by atoms with Crippen LogP contribution >= 0.6 is 24.0 Å². The van der Waals surface area contributed by atoms with Crippen molar-refractivity contribution in [3.63, 3.8) is 0 Å². The van der Waals surface area contributed by atoms with Crippen molar-refractivity contribution in [3.8, 4) is 0 Å². The van der Waals surface area contributed by atoms with E-state index in [2.05, 4.69) is 0 Å². The minimum Gasteiger partial charge on any atom is -0.385 e. The average molecular weight is 361 g/mol. The Bertz CT molecular complexity index is 644. The van der Waals surface area contributed by atoms with Gasteiger partial charge in [0.15, 0.2) is 0 Å². The predicted octanol–water partition coefficient (Wildman–Crippen LogP) is 3.94. The molecule has 124 valence electrons. The quantitative estimate of drug-likeness (QED) is 0.451. The van der Waals surface area contributed by atoms with Gasteiger partial charge in [0.05, 0.1) is 10.5 Å². The number of amides is 1. The molecule has 1 aliphatic heterocycles. The van der Waals surface area contributed by atoms with Crippen molar-refractivity contribution in [2.45, 2.75) is 12.6 Å². The van der Waals surface area contributed by atoms with Crippen molar-refractivity contribution in [2.24, 2.45) is 0 Å². The molecule has 8 heteroatoms. The molecular formula is C15H14F3NO2S2. The van der Waals surface area contributed by atoms with Crippen LogP contribution in [0.2, 0.25) is 0 Å². The van der Waals surface area contributed by atoms with E-state index < -0.39 is 11.7 Å². The molecule has 1 heterocycles. The summed E-state index contributed by atoms with van der Waals surface area (Å²) < 4.78 is 43.5. The largest absolute Gasteiger partial charge is 0.416 e. The van der Waals surface area contributed by atoms with Crippen LogP contribution in [0.1, 0.15) is 17.5 Å². The van der Waals surface area contributed by atoms with E-state index in [0.717, 1.165) is 23.9 Å². The van der Waals surface area contributed by atoms with Crippen LogP contribution in [0.3, 0.4) is 0 Å². The highest BCUT2D eigenvalue weighted by Gasteiger charge is 2.32. The smallest absolute Gasteiger partial charge is 0.385 e. The highest BCUT2D eigenvalue weighted by atomic mass is 32.2. The van der Waals surface area contributed by atoms with E-state index in [9.17, 15) is 18.0 Å². The summed E-state index contributed by atoms with van der Waals surface area (Å²) in [6.07, 6.45) is -2.34. The van der Waals surface area contributed by atoms with E-state index in [4.69, 9.17) is 17.0 Å². The lowest BCUT2D eigenvalue weighted by atomic mass is 10.1. The van der Waals surface area contributed by atoms with Gasteiger partial charge >= 0.3 is 6.18 Å². The number of rotatable bonds is 5. The van der Waals surface area contributed by atoms with Crippen molar-refractivity contribution in [1.82, 2.24) is 4.90 Å². The van der Waals surface area contributed by atoms with E-state index in [1.165, 1.54) is 23.1 Å². The Balaban J connectivity index is 2.17. The number of benzene rings is 1. The van der Waals surface area contributed by atoms with Crippen molar-refractivity contribution in [1.29, 1.82) is 0 Å². The van der Waals surface area contributed by atoms with Crippen LogP contribution in [-0.4, -0.2) is 35.4 Å². The molecule has 1 saturated heterocycles. The lowest BCUT2D eigenvalue weighted by molar-refractivity contribution is -0.137. The molecule has 0 bridgehead atoms. The minimum atomic E-state index is -4.41. The van der Waals surface area contributed by atoms with Crippen LogP contribution in [0.15, 0.2) is 29.2 Å². The standard InChI is InChI=1S/C15H14F3NO2S2/c1-21-7-3-6-19-13(20)12(23-14(19)22)9-10-4-2-5-11(8-10)15(16,17)18/h2,4-5,8-9H,3,6-7H2,1H3/b12-9-. The van der Waals surface area contributed by atoms with Gasteiger partial charge < -0.3 is 4.74 Å². The van der Waals surface area contributed by atoms with E-state index >= 15 is 0 Å². The lowest BCUT2D eigenvalue weighted by Crippen LogP contribution is -2.29. The number of ether oxygens (including phenoxy) is 1. The summed E-state index contributed by atoms with van der Waals surface area (Å²) in [6, 6.07) is 4.84. The van der Waals surface area contributed by atoms with Gasteiger partial charge in [0.25, 0.3) is 5.91 Å². The zero-order valence-corrected chi connectivity index (χ0v) is 13.9. The SMILES string of the molecule is COCCCN1C(=O)/C(=C/c2cccc(C(F)(F)F)c2)SC1=S. The second kappa shape index (κ2) is 7.46. The summed E-state index contributed by atoms with van der Waals surface area (Å²) in [5.41, 5.74) is -0.431. The first-order valence-corrected chi connectivity index (χ1v) is 7.97. The van der Waals surface area contributed by atoms with Gasteiger partial charge in [0, 0.05) is 20.3 Å². The molecule has 23 heavy (non-hydrogen) atoms. The van der Waals surface area contributed by atoms with Gasteiger partial charge in [-0.15, -0.1) is 0 Å². The molecule has 2 rings (SSSR count). The molecule has 3 nitrogen and oxygen atoms in total. The molecule has 1 aromatic carbocycles. The Morgan fingerprint density at radius 1 is 1.39 bits per heavy atom. The first kappa shape index (κ1) is 18.0. The first-order valence-electron chi connectivity index (χ1n) is 6.74. The molecule has 0 aliphatic carbocycles. The fourth-order valence-electron chi connectivity index (χ4n) is 2.02. The topological polar surface area (TPSA) is 29.5 Å². The van der Waals surface area contributed by atoms with Crippen LogP contribution in [0.4, 0.5) is 13.2 Å². The highest BCUT2D eigenvalue weighted by Crippen LogP contribution is 2.34. The Morgan fingerprint density at radius 3 is 2.78 bits per heavy atom. The molecule has 0 atom stereocenters.